The lowest BCUT2D eigenvalue weighted by molar-refractivity contribution is 0.102. The minimum absolute atomic E-state index is 0.268. The molecule has 98 valence electrons. The van der Waals surface area contributed by atoms with Crippen LogP contribution in [0.3, 0.4) is 0 Å². The highest BCUT2D eigenvalue weighted by Crippen LogP contribution is 2.24. The highest BCUT2D eigenvalue weighted by Gasteiger charge is 2.12. The Bertz CT molecular complexity index is 614. The van der Waals surface area contributed by atoms with Gasteiger partial charge in [0.2, 0.25) is 0 Å². The van der Waals surface area contributed by atoms with Gasteiger partial charge in [0.15, 0.2) is 0 Å². The van der Waals surface area contributed by atoms with Crippen LogP contribution in [0.15, 0.2) is 42.5 Å². The number of hydrogen-bond donors (Lipinski definition) is 2. The van der Waals surface area contributed by atoms with Gasteiger partial charge in [-0.3, -0.25) is 4.79 Å². The summed E-state index contributed by atoms with van der Waals surface area (Å²) in [7, 11) is 1.57. The number of ether oxygens (including phenoxy) is 1. The van der Waals surface area contributed by atoms with Crippen LogP contribution >= 0.6 is 11.6 Å². The van der Waals surface area contributed by atoms with E-state index in [4.69, 9.17) is 22.1 Å². The third-order valence-electron chi connectivity index (χ3n) is 2.63. The molecule has 0 aliphatic rings. The number of para-hydroxylation sites is 1. The number of nitrogens with one attached hydrogen (secondary N) is 1. The van der Waals surface area contributed by atoms with Crippen molar-refractivity contribution in [2.45, 2.75) is 0 Å². The SMILES string of the molecule is COc1cccc(NC(=O)c2cccc(Cl)c2N)c1. The molecule has 0 saturated heterocycles. The number of halogens is 1. The van der Waals surface area contributed by atoms with Crippen molar-refractivity contribution in [3.8, 4) is 5.75 Å². The third-order valence-corrected chi connectivity index (χ3v) is 2.95. The standard InChI is InChI=1S/C14H13ClN2O2/c1-19-10-5-2-4-9(8-10)17-14(18)11-6-3-7-12(15)13(11)16/h2-8H,16H2,1H3,(H,17,18). The predicted molar refractivity (Wildman–Crippen MR) is 76.8 cm³/mol. The van der Waals surface area contributed by atoms with E-state index in [-0.39, 0.29) is 11.6 Å². The highest BCUT2D eigenvalue weighted by atomic mass is 35.5. The van der Waals surface area contributed by atoms with E-state index in [0.717, 1.165) is 0 Å². The van der Waals surface area contributed by atoms with Crippen molar-refractivity contribution in [3.05, 3.63) is 53.1 Å². The molecule has 0 aliphatic carbocycles. The average molecular weight is 277 g/mol. The Morgan fingerprint density at radius 2 is 2.00 bits per heavy atom. The fraction of sp³-hybridized carbons (Fsp3) is 0.0714. The molecule has 2 aromatic carbocycles. The monoisotopic (exact) mass is 276 g/mol. The zero-order valence-electron chi connectivity index (χ0n) is 10.3. The second-order valence-electron chi connectivity index (χ2n) is 3.89. The molecule has 4 nitrogen and oxygen atoms in total. The van der Waals surface area contributed by atoms with Gasteiger partial charge in [0.1, 0.15) is 5.75 Å². The smallest absolute Gasteiger partial charge is 0.257 e. The number of benzene rings is 2. The van der Waals surface area contributed by atoms with Crippen LogP contribution in [0, 0.1) is 0 Å². The fourth-order valence-electron chi connectivity index (χ4n) is 1.63. The fourth-order valence-corrected chi connectivity index (χ4v) is 1.81. The first kappa shape index (κ1) is 13.2. The maximum absolute atomic E-state index is 12.1. The summed E-state index contributed by atoms with van der Waals surface area (Å²) in [5.41, 5.74) is 7.02. The summed E-state index contributed by atoms with van der Waals surface area (Å²) in [6, 6.07) is 12.0. The molecule has 0 atom stereocenters. The second kappa shape index (κ2) is 5.63. The molecule has 2 aromatic rings. The molecule has 3 N–H and O–H groups in total. The van der Waals surface area contributed by atoms with Crippen LogP contribution in [0.2, 0.25) is 5.02 Å². The lowest BCUT2D eigenvalue weighted by Crippen LogP contribution is -2.14. The van der Waals surface area contributed by atoms with E-state index in [2.05, 4.69) is 5.32 Å². The number of hydrogen-bond acceptors (Lipinski definition) is 3. The zero-order chi connectivity index (χ0) is 13.8. The van der Waals surface area contributed by atoms with Crippen molar-refractivity contribution in [2.75, 3.05) is 18.2 Å². The lowest BCUT2D eigenvalue weighted by atomic mass is 10.1. The topological polar surface area (TPSA) is 64.3 Å². The van der Waals surface area contributed by atoms with Crippen molar-refractivity contribution in [3.63, 3.8) is 0 Å². The molecule has 1 amide bonds. The van der Waals surface area contributed by atoms with E-state index in [9.17, 15) is 4.79 Å². The molecule has 0 unspecified atom stereocenters. The molecule has 0 heterocycles. The van der Waals surface area contributed by atoms with Gasteiger partial charge in [-0.05, 0) is 24.3 Å². The Labute approximate surface area is 116 Å². The molecular weight excluding hydrogens is 264 g/mol. The van der Waals surface area contributed by atoms with Crippen LogP contribution in [0.25, 0.3) is 0 Å². The number of methoxy groups -OCH3 is 1. The quantitative estimate of drug-likeness (QED) is 0.846. The number of carbonyl (C=O) groups excluding carboxylic acids is 1. The summed E-state index contributed by atoms with van der Waals surface area (Å²) >= 11 is 5.88. The molecule has 5 heteroatoms. The maximum atomic E-state index is 12.1. The van der Waals surface area contributed by atoms with Crippen LogP contribution in [0.5, 0.6) is 5.75 Å². The van der Waals surface area contributed by atoms with Gasteiger partial charge >= 0.3 is 0 Å². The summed E-state index contributed by atoms with van der Waals surface area (Å²) < 4.78 is 5.09. The highest BCUT2D eigenvalue weighted by molar-refractivity contribution is 6.34. The number of anilines is 2. The Kier molecular flexibility index (Phi) is 3.92. The third kappa shape index (κ3) is 2.98. The molecule has 0 radical (unpaired) electrons. The van der Waals surface area contributed by atoms with Gasteiger partial charge in [0, 0.05) is 11.8 Å². The summed E-state index contributed by atoms with van der Waals surface area (Å²) in [5.74, 6) is 0.352. The molecule has 0 fully saturated rings. The summed E-state index contributed by atoms with van der Waals surface area (Å²) in [6.45, 7) is 0. The van der Waals surface area contributed by atoms with Crippen LogP contribution < -0.4 is 15.8 Å². The average Bonchev–Trinajstić information content (AvgIpc) is 2.42. The summed E-state index contributed by atoms with van der Waals surface area (Å²) in [4.78, 5) is 12.1. The lowest BCUT2D eigenvalue weighted by Gasteiger charge is -2.09. The van der Waals surface area contributed by atoms with E-state index >= 15 is 0 Å². The first-order valence-corrected chi connectivity index (χ1v) is 5.99. The van der Waals surface area contributed by atoms with Crippen molar-refractivity contribution < 1.29 is 9.53 Å². The van der Waals surface area contributed by atoms with Gasteiger partial charge in [-0.25, -0.2) is 0 Å². The van der Waals surface area contributed by atoms with Crippen molar-refractivity contribution in [1.82, 2.24) is 0 Å². The summed E-state index contributed by atoms with van der Waals surface area (Å²) in [5, 5.41) is 3.10. The number of carbonyl (C=O) groups is 1. The van der Waals surface area contributed by atoms with Crippen LogP contribution in [0.1, 0.15) is 10.4 Å². The molecule has 0 aromatic heterocycles. The molecule has 2 rings (SSSR count). The van der Waals surface area contributed by atoms with Crippen LogP contribution in [-0.2, 0) is 0 Å². The van der Waals surface area contributed by atoms with Gasteiger partial charge < -0.3 is 15.8 Å². The zero-order valence-corrected chi connectivity index (χ0v) is 11.1. The molecule has 19 heavy (non-hydrogen) atoms. The van der Waals surface area contributed by atoms with E-state index in [1.165, 1.54) is 0 Å². The summed E-state index contributed by atoms with van der Waals surface area (Å²) in [6.07, 6.45) is 0. The van der Waals surface area contributed by atoms with Crippen molar-refractivity contribution >= 4 is 28.9 Å². The van der Waals surface area contributed by atoms with E-state index in [0.29, 0.717) is 22.0 Å². The largest absolute Gasteiger partial charge is 0.497 e. The van der Waals surface area contributed by atoms with E-state index in [1.807, 2.05) is 0 Å². The van der Waals surface area contributed by atoms with Gasteiger partial charge in [-0.1, -0.05) is 23.7 Å². The molecule has 0 aliphatic heterocycles. The van der Waals surface area contributed by atoms with Crippen molar-refractivity contribution in [1.29, 1.82) is 0 Å². The maximum Gasteiger partial charge on any atom is 0.257 e. The van der Waals surface area contributed by atoms with Gasteiger partial charge in [0.05, 0.1) is 23.4 Å². The molecule has 0 saturated carbocycles. The normalized spacial score (nSPS) is 10.0. The Morgan fingerprint density at radius 1 is 1.26 bits per heavy atom. The number of nitrogens with two attached hydrogens (primary N) is 1. The van der Waals surface area contributed by atoms with Crippen molar-refractivity contribution in [2.24, 2.45) is 0 Å². The number of amides is 1. The van der Waals surface area contributed by atoms with Crippen LogP contribution in [-0.4, -0.2) is 13.0 Å². The predicted octanol–water partition coefficient (Wildman–Crippen LogP) is 3.18. The number of nitrogen functional groups attached to an aromatic ring is 1. The Balaban J connectivity index is 2.23. The molecule has 0 spiro atoms. The Hall–Kier alpha value is -2.20. The Morgan fingerprint density at radius 3 is 2.74 bits per heavy atom. The first-order chi connectivity index (χ1) is 9.11. The minimum Gasteiger partial charge on any atom is -0.497 e. The molecular formula is C14H13ClN2O2. The first-order valence-electron chi connectivity index (χ1n) is 5.61. The molecule has 0 bridgehead atoms. The van der Waals surface area contributed by atoms with E-state index < -0.39 is 0 Å². The van der Waals surface area contributed by atoms with Crippen LogP contribution in [0.4, 0.5) is 11.4 Å². The van der Waals surface area contributed by atoms with Gasteiger partial charge in [-0.15, -0.1) is 0 Å². The van der Waals surface area contributed by atoms with Gasteiger partial charge in [-0.2, -0.15) is 0 Å². The van der Waals surface area contributed by atoms with Gasteiger partial charge in [0.25, 0.3) is 5.91 Å². The number of rotatable bonds is 3. The minimum atomic E-state index is -0.312. The van der Waals surface area contributed by atoms with E-state index in [1.54, 1.807) is 49.6 Å². The second-order valence-corrected chi connectivity index (χ2v) is 4.29.